The van der Waals surface area contributed by atoms with Gasteiger partial charge in [-0.1, -0.05) is 29.8 Å². The zero-order chi connectivity index (χ0) is 13.9. The summed E-state index contributed by atoms with van der Waals surface area (Å²) >= 11 is 5.02. The Balaban J connectivity index is 2.80. The summed E-state index contributed by atoms with van der Waals surface area (Å²) in [6.07, 6.45) is 1.07. The van der Waals surface area contributed by atoms with E-state index >= 15 is 0 Å². The number of carbonyl (C=O) groups excluding carboxylic acids is 2. The number of alkyl halides is 1. The molecule has 1 heterocycles. The van der Waals surface area contributed by atoms with Crippen LogP contribution in [0, 0.1) is 0 Å². The molecule has 0 radical (unpaired) electrons. The Labute approximate surface area is 122 Å². The molecule has 0 aromatic heterocycles. The van der Waals surface area contributed by atoms with Crippen molar-refractivity contribution in [3.05, 3.63) is 0 Å². The standard InChI is InChI=1S/C12H21BrN2O2S/c1-5-9(2)18-8-12(3)10(16)15(7-6-13)11(17)14(12)4/h9H,5-8H2,1-4H3. The highest BCUT2D eigenvalue weighted by Gasteiger charge is 2.52. The predicted octanol–water partition coefficient (Wildman–Crippen LogP) is 2.57. The quantitative estimate of drug-likeness (QED) is 0.552. The van der Waals surface area contributed by atoms with Gasteiger partial charge in [0, 0.05) is 29.9 Å². The van der Waals surface area contributed by atoms with E-state index in [1.807, 2.05) is 6.92 Å². The maximum absolute atomic E-state index is 12.4. The number of hydrogen-bond donors (Lipinski definition) is 0. The highest BCUT2D eigenvalue weighted by atomic mass is 79.9. The molecule has 6 heteroatoms. The minimum atomic E-state index is -0.701. The van der Waals surface area contributed by atoms with Crippen molar-refractivity contribution in [3.63, 3.8) is 0 Å². The fraction of sp³-hybridized carbons (Fsp3) is 0.833. The zero-order valence-electron chi connectivity index (χ0n) is 11.4. The normalized spacial score (nSPS) is 26.1. The van der Waals surface area contributed by atoms with Gasteiger partial charge in [0.25, 0.3) is 5.91 Å². The lowest BCUT2D eigenvalue weighted by atomic mass is 10.0. The van der Waals surface area contributed by atoms with E-state index in [1.165, 1.54) is 4.90 Å². The molecule has 1 fully saturated rings. The van der Waals surface area contributed by atoms with Crippen LogP contribution in [0.2, 0.25) is 0 Å². The third-order valence-corrected chi connectivity index (χ3v) is 5.48. The number of hydrogen-bond acceptors (Lipinski definition) is 3. The highest BCUT2D eigenvalue weighted by Crippen LogP contribution is 2.31. The minimum absolute atomic E-state index is 0.0785. The smallest absolute Gasteiger partial charge is 0.312 e. The van der Waals surface area contributed by atoms with Crippen molar-refractivity contribution in [1.82, 2.24) is 9.80 Å². The van der Waals surface area contributed by atoms with Crippen molar-refractivity contribution in [1.29, 1.82) is 0 Å². The molecule has 18 heavy (non-hydrogen) atoms. The number of amides is 3. The number of carbonyl (C=O) groups is 2. The molecule has 1 saturated heterocycles. The lowest BCUT2D eigenvalue weighted by molar-refractivity contribution is -0.131. The Morgan fingerprint density at radius 2 is 2.06 bits per heavy atom. The molecule has 104 valence electrons. The van der Waals surface area contributed by atoms with Gasteiger partial charge >= 0.3 is 6.03 Å². The van der Waals surface area contributed by atoms with Crippen molar-refractivity contribution in [2.45, 2.75) is 38.0 Å². The van der Waals surface area contributed by atoms with Crippen molar-refractivity contribution >= 4 is 39.6 Å². The van der Waals surface area contributed by atoms with Crippen LogP contribution in [0.1, 0.15) is 27.2 Å². The van der Waals surface area contributed by atoms with Crippen LogP contribution in [-0.2, 0) is 4.79 Å². The second-order valence-electron chi connectivity index (χ2n) is 4.79. The molecule has 2 unspecified atom stereocenters. The van der Waals surface area contributed by atoms with Gasteiger partial charge in [0.05, 0.1) is 0 Å². The van der Waals surface area contributed by atoms with E-state index in [9.17, 15) is 9.59 Å². The molecule has 3 amide bonds. The van der Waals surface area contributed by atoms with Crippen LogP contribution < -0.4 is 0 Å². The fourth-order valence-corrected chi connectivity index (χ4v) is 3.29. The Bertz CT molecular complexity index is 340. The van der Waals surface area contributed by atoms with Gasteiger partial charge in [0.1, 0.15) is 5.54 Å². The van der Waals surface area contributed by atoms with Gasteiger partial charge in [-0.15, -0.1) is 0 Å². The lowest BCUT2D eigenvalue weighted by Crippen LogP contribution is -2.47. The lowest BCUT2D eigenvalue weighted by Gasteiger charge is -2.29. The molecule has 0 aromatic carbocycles. The topological polar surface area (TPSA) is 40.6 Å². The Kier molecular flexibility index (Phi) is 5.52. The van der Waals surface area contributed by atoms with Crippen molar-refractivity contribution in [2.24, 2.45) is 0 Å². The molecule has 0 aromatic rings. The number of urea groups is 1. The Morgan fingerprint density at radius 3 is 2.56 bits per heavy atom. The van der Waals surface area contributed by atoms with Crippen LogP contribution in [-0.4, -0.2) is 57.2 Å². The van der Waals surface area contributed by atoms with Gasteiger partial charge in [-0.05, 0) is 13.3 Å². The van der Waals surface area contributed by atoms with E-state index in [4.69, 9.17) is 0 Å². The average Bonchev–Trinajstić information content (AvgIpc) is 2.52. The van der Waals surface area contributed by atoms with Crippen LogP contribution in [0.25, 0.3) is 0 Å². The van der Waals surface area contributed by atoms with E-state index < -0.39 is 5.54 Å². The first kappa shape index (κ1) is 15.8. The molecule has 4 nitrogen and oxygen atoms in total. The molecule has 1 aliphatic heterocycles. The summed E-state index contributed by atoms with van der Waals surface area (Å²) in [7, 11) is 1.71. The molecule has 0 spiro atoms. The molecule has 0 aliphatic carbocycles. The summed E-state index contributed by atoms with van der Waals surface area (Å²) in [5.74, 6) is 0.576. The molecular weight excluding hydrogens is 316 g/mol. The summed E-state index contributed by atoms with van der Waals surface area (Å²) in [5.41, 5.74) is -0.701. The summed E-state index contributed by atoms with van der Waals surface area (Å²) in [5, 5.41) is 1.12. The maximum atomic E-state index is 12.4. The molecule has 0 bridgehead atoms. The number of rotatable bonds is 6. The van der Waals surface area contributed by atoms with Gasteiger partial charge in [-0.25, -0.2) is 4.79 Å². The second-order valence-corrected chi connectivity index (χ2v) is 7.01. The van der Waals surface area contributed by atoms with E-state index in [0.717, 1.165) is 6.42 Å². The minimum Gasteiger partial charge on any atom is -0.312 e. The van der Waals surface area contributed by atoms with E-state index in [1.54, 1.807) is 23.7 Å². The van der Waals surface area contributed by atoms with Gasteiger partial charge < -0.3 is 4.90 Å². The highest BCUT2D eigenvalue weighted by molar-refractivity contribution is 9.09. The first-order valence-corrected chi connectivity index (χ1v) is 8.32. The van der Waals surface area contributed by atoms with Gasteiger partial charge in [-0.2, -0.15) is 11.8 Å². The van der Waals surface area contributed by atoms with Gasteiger partial charge in [0.2, 0.25) is 0 Å². The first-order valence-electron chi connectivity index (χ1n) is 6.15. The Morgan fingerprint density at radius 1 is 1.44 bits per heavy atom. The summed E-state index contributed by atoms with van der Waals surface area (Å²) < 4.78 is 0. The van der Waals surface area contributed by atoms with Crippen LogP contribution in [0.15, 0.2) is 0 Å². The molecule has 0 N–H and O–H groups in total. The van der Waals surface area contributed by atoms with Crippen molar-refractivity contribution in [3.8, 4) is 0 Å². The van der Waals surface area contributed by atoms with Crippen molar-refractivity contribution < 1.29 is 9.59 Å². The monoisotopic (exact) mass is 336 g/mol. The predicted molar refractivity (Wildman–Crippen MR) is 79.3 cm³/mol. The summed E-state index contributed by atoms with van der Waals surface area (Å²) in [6, 6.07) is -0.188. The third kappa shape index (κ3) is 2.85. The van der Waals surface area contributed by atoms with Crippen LogP contribution in [0.5, 0.6) is 0 Å². The zero-order valence-corrected chi connectivity index (χ0v) is 13.8. The van der Waals surface area contributed by atoms with Crippen LogP contribution >= 0.6 is 27.7 Å². The largest absolute Gasteiger partial charge is 0.327 e. The number of imide groups is 1. The van der Waals surface area contributed by atoms with Crippen molar-refractivity contribution in [2.75, 3.05) is 24.7 Å². The molecule has 1 aliphatic rings. The Hall–Kier alpha value is -0.230. The molecular formula is C12H21BrN2O2S. The van der Waals surface area contributed by atoms with Crippen LogP contribution in [0.4, 0.5) is 4.79 Å². The van der Waals surface area contributed by atoms with E-state index in [2.05, 4.69) is 29.8 Å². The molecule has 0 saturated carbocycles. The van der Waals surface area contributed by atoms with Gasteiger partial charge in [-0.3, -0.25) is 9.69 Å². The molecule has 1 rings (SSSR count). The summed E-state index contributed by atoms with van der Waals surface area (Å²) in [4.78, 5) is 27.3. The fourth-order valence-electron chi connectivity index (χ4n) is 1.78. The number of thioether (sulfide) groups is 1. The third-order valence-electron chi connectivity index (χ3n) is 3.50. The van der Waals surface area contributed by atoms with Crippen LogP contribution in [0.3, 0.4) is 0 Å². The van der Waals surface area contributed by atoms with E-state index in [0.29, 0.717) is 22.9 Å². The maximum Gasteiger partial charge on any atom is 0.327 e. The first-order chi connectivity index (χ1) is 8.38. The number of halogens is 1. The summed E-state index contributed by atoms with van der Waals surface area (Å²) in [6.45, 7) is 6.57. The van der Waals surface area contributed by atoms with E-state index in [-0.39, 0.29) is 11.9 Å². The number of nitrogens with zero attached hydrogens (tertiary/aromatic N) is 2. The molecule has 2 atom stereocenters. The van der Waals surface area contributed by atoms with Gasteiger partial charge in [0.15, 0.2) is 0 Å². The average molecular weight is 337 g/mol. The second kappa shape index (κ2) is 6.28. The number of likely N-dealkylation sites (N-methyl/N-ethyl adjacent to an activating group) is 1. The SMILES string of the molecule is CCC(C)SCC1(C)C(=O)N(CCBr)C(=O)N1C.